The quantitative estimate of drug-likeness (QED) is 0.452. The minimum Gasteiger partial charge on any atom is -0.486 e. The van der Waals surface area contributed by atoms with E-state index < -0.39 is 17.8 Å². The van der Waals surface area contributed by atoms with E-state index in [0.717, 1.165) is 36.3 Å². The van der Waals surface area contributed by atoms with Gasteiger partial charge in [0.05, 0.1) is 16.5 Å². The fourth-order valence-corrected chi connectivity index (χ4v) is 4.93. The third-order valence-corrected chi connectivity index (χ3v) is 6.70. The van der Waals surface area contributed by atoms with Crippen LogP contribution in [0.15, 0.2) is 34.7 Å². The van der Waals surface area contributed by atoms with Crippen LogP contribution in [-0.2, 0) is 24.2 Å². The van der Waals surface area contributed by atoms with E-state index in [1.807, 2.05) is 12.1 Å². The molecule has 178 valence electrons. The van der Waals surface area contributed by atoms with Gasteiger partial charge in [-0.25, -0.2) is 4.79 Å². The van der Waals surface area contributed by atoms with E-state index in [9.17, 15) is 14.4 Å². The van der Waals surface area contributed by atoms with Gasteiger partial charge in [0.1, 0.15) is 23.1 Å². The molecule has 1 aliphatic carbocycles. The Hall–Kier alpha value is -3.59. The second-order valence-corrected chi connectivity index (χ2v) is 9.39. The Morgan fingerprint density at radius 3 is 2.65 bits per heavy atom. The van der Waals surface area contributed by atoms with E-state index in [-0.39, 0.29) is 33.9 Å². The van der Waals surface area contributed by atoms with Crippen molar-refractivity contribution in [1.29, 1.82) is 0 Å². The number of hydrogen-bond donors (Lipinski definition) is 2. The average Bonchev–Trinajstić information content (AvgIpc) is 3.50. The number of amides is 2. The molecule has 0 saturated carbocycles. The fraction of sp³-hybridized carbons (Fsp3) is 0.320. The first kappa shape index (κ1) is 23.6. The molecular formula is C25H26N2O6S. The van der Waals surface area contributed by atoms with Crippen molar-refractivity contribution in [1.82, 2.24) is 0 Å². The zero-order valence-electron chi connectivity index (χ0n) is 19.2. The molecule has 8 nitrogen and oxygen atoms in total. The molecule has 0 radical (unpaired) electrons. The number of ether oxygens (including phenoxy) is 2. The van der Waals surface area contributed by atoms with Crippen LogP contribution in [0.3, 0.4) is 0 Å². The van der Waals surface area contributed by atoms with Crippen molar-refractivity contribution in [2.24, 2.45) is 5.73 Å². The van der Waals surface area contributed by atoms with Gasteiger partial charge in [0.2, 0.25) is 0 Å². The number of nitrogens with two attached hydrogens (primary N) is 1. The Labute approximate surface area is 201 Å². The smallest absolute Gasteiger partial charge is 0.341 e. The molecule has 3 aromatic rings. The predicted molar refractivity (Wildman–Crippen MR) is 128 cm³/mol. The number of carbonyl (C=O) groups is 3. The molecule has 0 atom stereocenters. The number of rotatable bonds is 8. The van der Waals surface area contributed by atoms with Crippen LogP contribution >= 0.6 is 11.3 Å². The Morgan fingerprint density at radius 1 is 1.15 bits per heavy atom. The van der Waals surface area contributed by atoms with Gasteiger partial charge in [0, 0.05) is 0 Å². The number of furan rings is 1. The minimum atomic E-state index is -0.689. The molecular weight excluding hydrogens is 456 g/mol. The number of carbonyl (C=O) groups excluding carboxylic acids is 3. The molecule has 2 aromatic heterocycles. The van der Waals surface area contributed by atoms with Crippen molar-refractivity contribution in [3.63, 3.8) is 0 Å². The first-order chi connectivity index (χ1) is 16.2. The lowest BCUT2D eigenvalue weighted by atomic mass is 10.1. The highest BCUT2D eigenvalue weighted by atomic mass is 32.1. The monoisotopic (exact) mass is 482 g/mol. The molecule has 9 heteroatoms. The van der Waals surface area contributed by atoms with Crippen LogP contribution in [0.4, 0.5) is 5.00 Å². The lowest BCUT2D eigenvalue weighted by molar-refractivity contribution is 0.0379. The molecule has 0 unspecified atom stereocenters. The zero-order chi connectivity index (χ0) is 24.4. The Bertz CT molecular complexity index is 1260. The summed E-state index contributed by atoms with van der Waals surface area (Å²) in [6.07, 6.45) is 2.96. The van der Waals surface area contributed by atoms with E-state index in [4.69, 9.17) is 19.6 Å². The second-order valence-electron chi connectivity index (χ2n) is 8.37. The summed E-state index contributed by atoms with van der Waals surface area (Å²) in [5, 5.41) is 2.82. The van der Waals surface area contributed by atoms with E-state index in [0.29, 0.717) is 11.3 Å². The van der Waals surface area contributed by atoms with Crippen LogP contribution in [0.1, 0.15) is 73.3 Å². The number of aryl methyl sites for hydroxylation is 2. The number of primary amides is 1. The highest BCUT2D eigenvalue weighted by molar-refractivity contribution is 7.18. The summed E-state index contributed by atoms with van der Waals surface area (Å²) < 4.78 is 16.7. The Kier molecular flexibility index (Phi) is 6.74. The molecule has 0 spiro atoms. The maximum atomic E-state index is 12.8. The molecule has 0 saturated heterocycles. The molecule has 1 aromatic carbocycles. The molecule has 0 bridgehead atoms. The molecule has 1 aliphatic rings. The second kappa shape index (κ2) is 9.72. The summed E-state index contributed by atoms with van der Waals surface area (Å²) in [7, 11) is 0. The third-order valence-electron chi connectivity index (χ3n) is 5.48. The SMILES string of the molecule is Cc1c(C(N)=O)sc(NC(=O)c2ccc(COc3ccc4c(c3)CCC4)o2)c1C(=O)OC(C)C. The molecule has 0 aliphatic heterocycles. The van der Waals surface area contributed by atoms with Crippen LogP contribution < -0.4 is 15.8 Å². The van der Waals surface area contributed by atoms with Gasteiger partial charge in [-0.2, -0.15) is 0 Å². The zero-order valence-corrected chi connectivity index (χ0v) is 20.0. The predicted octanol–water partition coefficient (Wildman–Crippen LogP) is 4.63. The molecule has 4 rings (SSSR count). The van der Waals surface area contributed by atoms with Gasteiger partial charge in [0.15, 0.2) is 5.76 Å². The van der Waals surface area contributed by atoms with Crippen LogP contribution in [-0.4, -0.2) is 23.9 Å². The van der Waals surface area contributed by atoms with Gasteiger partial charge in [-0.05, 0) is 81.0 Å². The summed E-state index contributed by atoms with van der Waals surface area (Å²) >= 11 is 0.923. The van der Waals surface area contributed by atoms with Gasteiger partial charge in [0.25, 0.3) is 11.8 Å². The minimum absolute atomic E-state index is 0.0439. The molecule has 34 heavy (non-hydrogen) atoms. The van der Waals surface area contributed by atoms with E-state index >= 15 is 0 Å². The number of fused-ring (bicyclic) bond motifs is 1. The van der Waals surface area contributed by atoms with Gasteiger partial charge in [-0.15, -0.1) is 11.3 Å². The van der Waals surface area contributed by atoms with Gasteiger partial charge < -0.3 is 24.9 Å². The van der Waals surface area contributed by atoms with Crippen LogP contribution in [0.2, 0.25) is 0 Å². The van der Waals surface area contributed by atoms with E-state index in [1.54, 1.807) is 26.8 Å². The maximum Gasteiger partial charge on any atom is 0.341 e. The maximum absolute atomic E-state index is 12.8. The topological polar surface area (TPSA) is 121 Å². The first-order valence-electron chi connectivity index (χ1n) is 11.0. The number of hydrogen-bond acceptors (Lipinski definition) is 7. The van der Waals surface area contributed by atoms with Crippen LogP contribution in [0, 0.1) is 6.92 Å². The number of esters is 1. The summed E-state index contributed by atoms with van der Waals surface area (Å²) in [4.78, 5) is 37.3. The van der Waals surface area contributed by atoms with Crippen molar-refractivity contribution < 1.29 is 28.3 Å². The lowest BCUT2D eigenvalue weighted by Crippen LogP contribution is -2.17. The van der Waals surface area contributed by atoms with Crippen molar-refractivity contribution in [3.05, 3.63) is 69.0 Å². The Morgan fingerprint density at radius 2 is 1.91 bits per heavy atom. The van der Waals surface area contributed by atoms with E-state index in [1.165, 1.54) is 17.2 Å². The summed E-state index contributed by atoms with van der Waals surface area (Å²) in [6.45, 7) is 5.18. The summed E-state index contributed by atoms with van der Waals surface area (Å²) in [6, 6.07) is 9.26. The van der Waals surface area contributed by atoms with Crippen LogP contribution in [0.25, 0.3) is 0 Å². The lowest BCUT2D eigenvalue weighted by Gasteiger charge is -2.10. The number of nitrogens with one attached hydrogen (secondary N) is 1. The first-order valence-corrected chi connectivity index (χ1v) is 11.8. The van der Waals surface area contributed by atoms with Gasteiger partial charge in [-0.1, -0.05) is 6.07 Å². The molecule has 2 heterocycles. The van der Waals surface area contributed by atoms with E-state index in [2.05, 4.69) is 11.4 Å². The molecule has 2 amide bonds. The molecule has 3 N–H and O–H groups in total. The number of anilines is 1. The summed E-state index contributed by atoms with van der Waals surface area (Å²) in [5.74, 6) is -0.628. The van der Waals surface area contributed by atoms with Crippen molar-refractivity contribution in [2.45, 2.75) is 52.7 Å². The van der Waals surface area contributed by atoms with Gasteiger partial charge >= 0.3 is 5.97 Å². The normalized spacial score (nSPS) is 12.5. The Balaban J connectivity index is 1.46. The summed E-state index contributed by atoms with van der Waals surface area (Å²) in [5.41, 5.74) is 8.57. The van der Waals surface area contributed by atoms with Gasteiger partial charge in [-0.3, -0.25) is 9.59 Å². The van der Waals surface area contributed by atoms with Crippen molar-refractivity contribution in [3.8, 4) is 5.75 Å². The average molecular weight is 483 g/mol. The highest BCUT2D eigenvalue weighted by Crippen LogP contribution is 2.34. The van der Waals surface area contributed by atoms with Crippen molar-refractivity contribution >= 4 is 34.1 Å². The largest absolute Gasteiger partial charge is 0.486 e. The third kappa shape index (κ3) is 4.99. The molecule has 0 fully saturated rings. The number of benzene rings is 1. The standard InChI is InChI=1S/C25H26N2O6S/c1-13(2)32-25(30)20-14(3)21(22(26)28)34-24(20)27-23(29)19-10-9-18(33-19)12-31-17-8-7-15-5-4-6-16(15)11-17/h7-11,13H,4-6,12H2,1-3H3,(H2,26,28)(H,27,29). The van der Waals surface area contributed by atoms with Crippen LogP contribution in [0.5, 0.6) is 5.75 Å². The fourth-order valence-electron chi connectivity index (χ4n) is 3.89. The number of thiophene rings is 1. The highest BCUT2D eigenvalue weighted by Gasteiger charge is 2.27. The van der Waals surface area contributed by atoms with Crippen molar-refractivity contribution in [2.75, 3.05) is 5.32 Å².